The van der Waals surface area contributed by atoms with Crippen LogP contribution in [-0.4, -0.2) is 42.6 Å². The van der Waals surface area contributed by atoms with E-state index in [0.717, 1.165) is 5.56 Å². The van der Waals surface area contributed by atoms with E-state index in [4.69, 9.17) is 14.6 Å². The lowest BCUT2D eigenvalue weighted by Gasteiger charge is -2.28. The minimum absolute atomic E-state index is 0.0686. The molecule has 0 aliphatic carbocycles. The van der Waals surface area contributed by atoms with E-state index >= 15 is 0 Å². The Morgan fingerprint density at radius 2 is 2.05 bits per heavy atom. The highest BCUT2D eigenvalue weighted by atomic mass is 16.5. The van der Waals surface area contributed by atoms with Gasteiger partial charge in [0.2, 0.25) is 5.91 Å². The molecular formula is C16H21NO5. The Bertz CT molecular complexity index is 572. The topological polar surface area (TPSA) is 76.1 Å². The van der Waals surface area contributed by atoms with E-state index in [0.29, 0.717) is 17.9 Å². The quantitative estimate of drug-likeness (QED) is 0.871. The van der Waals surface area contributed by atoms with Crippen LogP contribution in [0.25, 0.3) is 0 Å². The molecule has 2 rings (SSSR count). The SMILES string of the molecule is CCC(c1ccc(OC)c(OC)c1)N1CC(C(=O)O)CC1=O. The third kappa shape index (κ3) is 3.00. The van der Waals surface area contributed by atoms with Crippen LogP contribution in [0.3, 0.4) is 0 Å². The van der Waals surface area contributed by atoms with Crippen molar-refractivity contribution in [3.63, 3.8) is 0 Å². The second kappa shape index (κ2) is 6.68. The number of nitrogens with zero attached hydrogens (tertiary/aromatic N) is 1. The van der Waals surface area contributed by atoms with Crippen LogP contribution in [0.4, 0.5) is 0 Å². The number of amides is 1. The monoisotopic (exact) mass is 307 g/mol. The maximum absolute atomic E-state index is 12.1. The highest BCUT2D eigenvalue weighted by molar-refractivity contribution is 5.86. The maximum atomic E-state index is 12.1. The van der Waals surface area contributed by atoms with Crippen molar-refractivity contribution in [2.24, 2.45) is 5.92 Å². The number of carbonyl (C=O) groups is 2. The lowest BCUT2D eigenvalue weighted by atomic mass is 10.0. The first-order chi connectivity index (χ1) is 10.5. The van der Waals surface area contributed by atoms with Crippen molar-refractivity contribution in [2.45, 2.75) is 25.8 Å². The van der Waals surface area contributed by atoms with Gasteiger partial charge >= 0.3 is 5.97 Å². The lowest BCUT2D eigenvalue weighted by Crippen LogP contribution is -2.30. The lowest BCUT2D eigenvalue weighted by molar-refractivity contribution is -0.141. The van der Waals surface area contributed by atoms with Gasteiger partial charge in [-0.15, -0.1) is 0 Å². The second-order valence-electron chi connectivity index (χ2n) is 5.32. The molecule has 120 valence electrons. The number of ether oxygens (including phenoxy) is 2. The van der Waals surface area contributed by atoms with Gasteiger partial charge in [0, 0.05) is 13.0 Å². The Labute approximate surface area is 129 Å². The van der Waals surface area contributed by atoms with Gasteiger partial charge in [-0.25, -0.2) is 0 Å². The predicted molar refractivity (Wildman–Crippen MR) is 80.0 cm³/mol. The summed E-state index contributed by atoms with van der Waals surface area (Å²) in [6.07, 6.45) is 0.771. The first kappa shape index (κ1) is 16.1. The van der Waals surface area contributed by atoms with Crippen molar-refractivity contribution >= 4 is 11.9 Å². The fraction of sp³-hybridized carbons (Fsp3) is 0.500. The molecule has 1 aliphatic heterocycles. The molecule has 0 bridgehead atoms. The molecule has 0 radical (unpaired) electrons. The average Bonchev–Trinajstić information content (AvgIpc) is 2.90. The summed E-state index contributed by atoms with van der Waals surface area (Å²) in [4.78, 5) is 24.9. The number of aliphatic carboxylic acids is 1. The number of carboxylic acid groups (broad SMARTS) is 1. The van der Waals surface area contributed by atoms with Crippen LogP contribution in [0.5, 0.6) is 11.5 Å². The third-order valence-electron chi connectivity index (χ3n) is 4.06. The van der Waals surface area contributed by atoms with Crippen LogP contribution in [0.2, 0.25) is 0 Å². The summed E-state index contributed by atoms with van der Waals surface area (Å²) in [7, 11) is 3.13. The summed E-state index contributed by atoms with van der Waals surface area (Å²) in [6.45, 7) is 2.23. The Morgan fingerprint density at radius 3 is 2.55 bits per heavy atom. The molecule has 6 nitrogen and oxygen atoms in total. The number of carbonyl (C=O) groups excluding carboxylic acids is 1. The number of methoxy groups -OCH3 is 2. The van der Waals surface area contributed by atoms with Gasteiger partial charge in [-0.05, 0) is 24.1 Å². The highest BCUT2D eigenvalue weighted by Crippen LogP contribution is 2.35. The van der Waals surface area contributed by atoms with Gasteiger partial charge in [0.15, 0.2) is 11.5 Å². The number of rotatable bonds is 6. The van der Waals surface area contributed by atoms with Crippen molar-refractivity contribution in [3.05, 3.63) is 23.8 Å². The minimum Gasteiger partial charge on any atom is -0.493 e. The van der Waals surface area contributed by atoms with Gasteiger partial charge in [0.25, 0.3) is 0 Å². The Hall–Kier alpha value is -2.24. The zero-order valence-corrected chi connectivity index (χ0v) is 13.0. The molecule has 1 aromatic carbocycles. The van der Waals surface area contributed by atoms with Crippen LogP contribution < -0.4 is 9.47 Å². The molecule has 6 heteroatoms. The van der Waals surface area contributed by atoms with E-state index in [1.165, 1.54) is 0 Å². The average molecular weight is 307 g/mol. The molecule has 1 heterocycles. The molecule has 22 heavy (non-hydrogen) atoms. The standard InChI is InChI=1S/C16H21NO5/c1-4-12(17-9-11(16(19)20)8-15(17)18)10-5-6-13(21-2)14(7-10)22-3/h5-7,11-12H,4,8-9H2,1-3H3,(H,19,20). The Morgan fingerprint density at radius 1 is 1.36 bits per heavy atom. The minimum atomic E-state index is -0.919. The summed E-state index contributed by atoms with van der Waals surface area (Å²) >= 11 is 0. The van der Waals surface area contributed by atoms with E-state index < -0.39 is 11.9 Å². The van der Waals surface area contributed by atoms with E-state index in [1.807, 2.05) is 19.1 Å². The smallest absolute Gasteiger partial charge is 0.308 e. The number of benzene rings is 1. The predicted octanol–water partition coefficient (Wildman–Crippen LogP) is 2.09. The van der Waals surface area contributed by atoms with E-state index in [-0.39, 0.29) is 24.9 Å². The van der Waals surface area contributed by atoms with Crippen molar-refractivity contribution < 1.29 is 24.2 Å². The number of hydrogen-bond acceptors (Lipinski definition) is 4. The Balaban J connectivity index is 2.29. The van der Waals surface area contributed by atoms with Crippen molar-refractivity contribution in [2.75, 3.05) is 20.8 Å². The second-order valence-corrected chi connectivity index (χ2v) is 5.32. The summed E-state index contributed by atoms with van der Waals surface area (Å²) < 4.78 is 10.5. The maximum Gasteiger partial charge on any atom is 0.308 e. The van der Waals surface area contributed by atoms with Gasteiger partial charge in [0.05, 0.1) is 26.2 Å². The van der Waals surface area contributed by atoms with E-state index in [2.05, 4.69) is 0 Å². The van der Waals surface area contributed by atoms with Gasteiger partial charge in [-0.1, -0.05) is 13.0 Å². The normalized spacial score (nSPS) is 19.1. The zero-order chi connectivity index (χ0) is 16.3. The molecule has 1 N–H and O–H groups in total. The first-order valence-corrected chi connectivity index (χ1v) is 7.26. The molecule has 0 spiro atoms. The van der Waals surface area contributed by atoms with Crippen LogP contribution in [0.1, 0.15) is 31.4 Å². The number of carboxylic acids is 1. The van der Waals surface area contributed by atoms with Crippen LogP contribution >= 0.6 is 0 Å². The van der Waals surface area contributed by atoms with Gasteiger partial charge in [0.1, 0.15) is 0 Å². The summed E-state index contributed by atoms with van der Waals surface area (Å²) in [6, 6.07) is 5.37. The van der Waals surface area contributed by atoms with Crippen LogP contribution in [0, 0.1) is 5.92 Å². The number of likely N-dealkylation sites (tertiary alicyclic amines) is 1. The molecule has 1 fully saturated rings. The number of hydrogen-bond donors (Lipinski definition) is 1. The van der Waals surface area contributed by atoms with Crippen molar-refractivity contribution in [3.8, 4) is 11.5 Å². The molecular weight excluding hydrogens is 286 g/mol. The van der Waals surface area contributed by atoms with Crippen molar-refractivity contribution in [1.29, 1.82) is 0 Å². The Kier molecular flexibility index (Phi) is 4.90. The van der Waals surface area contributed by atoms with Crippen LogP contribution in [-0.2, 0) is 9.59 Å². The van der Waals surface area contributed by atoms with E-state index in [1.54, 1.807) is 25.2 Å². The molecule has 1 aliphatic rings. The van der Waals surface area contributed by atoms with Crippen LogP contribution in [0.15, 0.2) is 18.2 Å². The third-order valence-corrected chi connectivity index (χ3v) is 4.06. The van der Waals surface area contributed by atoms with Crippen molar-refractivity contribution in [1.82, 2.24) is 4.90 Å². The molecule has 1 aromatic rings. The fourth-order valence-corrected chi connectivity index (χ4v) is 2.89. The molecule has 1 saturated heterocycles. The zero-order valence-electron chi connectivity index (χ0n) is 13.0. The van der Waals surface area contributed by atoms with E-state index in [9.17, 15) is 9.59 Å². The summed E-state index contributed by atoms with van der Waals surface area (Å²) in [5, 5.41) is 9.11. The fourth-order valence-electron chi connectivity index (χ4n) is 2.89. The van der Waals surface area contributed by atoms with Gasteiger partial charge in [-0.3, -0.25) is 9.59 Å². The molecule has 2 unspecified atom stereocenters. The molecule has 0 saturated carbocycles. The first-order valence-electron chi connectivity index (χ1n) is 7.26. The molecule has 2 atom stereocenters. The van der Waals surface area contributed by atoms with Gasteiger partial charge < -0.3 is 19.5 Å². The summed E-state index contributed by atoms with van der Waals surface area (Å²) in [5.41, 5.74) is 0.916. The molecule has 0 aromatic heterocycles. The molecule has 1 amide bonds. The van der Waals surface area contributed by atoms with Gasteiger partial charge in [-0.2, -0.15) is 0 Å². The largest absolute Gasteiger partial charge is 0.493 e. The highest BCUT2D eigenvalue weighted by Gasteiger charge is 2.38. The summed E-state index contributed by atoms with van der Waals surface area (Å²) in [5.74, 6) is -0.439.